The molecule has 30 heavy (non-hydrogen) atoms. The Hall–Kier alpha value is -3.22. The van der Waals surface area contributed by atoms with Gasteiger partial charge in [-0.15, -0.1) is 0 Å². The SMILES string of the molecule is CCN(Cc1cccc2c1OCCO2)C(=O)C(NC(=O)Nc1ccccc1)C(C)C. The molecular weight excluding hydrogens is 382 g/mol. The highest BCUT2D eigenvalue weighted by molar-refractivity contribution is 5.93. The van der Waals surface area contributed by atoms with Crippen LogP contribution in [-0.2, 0) is 11.3 Å². The molecule has 3 amide bonds. The van der Waals surface area contributed by atoms with Crippen LogP contribution in [0.3, 0.4) is 0 Å². The van der Waals surface area contributed by atoms with Gasteiger partial charge in [0, 0.05) is 24.3 Å². The first kappa shape index (κ1) is 21.5. The number of likely N-dealkylation sites (N-methyl/N-ethyl adjacent to an activating group) is 1. The van der Waals surface area contributed by atoms with Crippen molar-refractivity contribution in [3.8, 4) is 11.5 Å². The van der Waals surface area contributed by atoms with Crippen molar-refractivity contribution in [3.05, 3.63) is 54.1 Å². The van der Waals surface area contributed by atoms with E-state index in [4.69, 9.17) is 9.47 Å². The molecule has 2 aromatic rings. The second-order valence-electron chi connectivity index (χ2n) is 7.48. The number of nitrogens with one attached hydrogen (secondary N) is 2. The van der Waals surface area contributed by atoms with Crippen LogP contribution in [-0.4, -0.2) is 42.6 Å². The van der Waals surface area contributed by atoms with Crippen molar-refractivity contribution in [3.63, 3.8) is 0 Å². The van der Waals surface area contributed by atoms with E-state index < -0.39 is 12.1 Å². The Morgan fingerprint density at radius 2 is 1.77 bits per heavy atom. The Balaban J connectivity index is 1.71. The first-order valence-corrected chi connectivity index (χ1v) is 10.3. The van der Waals surface area contributed by atoms with Crippen LogP contribution in [0.2, 0.25) is 0 Å². The predicted molar refractivity (Wildman–Crippen MR) is 116 cm³/mol. The van der Waals surface area contributed by atoms with Gasteiger partial charge in [0.05, 0.1) is 0 Å². The van der Waals surface area contributed by atoms with Crippen LogP contribution in [0.5, 0.6) is 11.5 Å². The Labute approximate surface area is 177 Å². The van der Waals surface area contributed by atoms with Crippen LogP contribution in [0.15, 0.2) is 48.5 Å². The third kappa shape index (κ3) is 5.23. The summed E-state index contributed by atoms with van der Waals surface area (Å²) in [4.78, 5) is 27.5. The minimum absolute atomic E-state index is 0.0719. The highest BCUT2D eigenvalue weighted by Crippen LogP contribution is 2.34. The van der Waals surface area contributed by atoms with Gasteiger partial charge in [0.15, 0.2) is 11.5 Å². The summed E-state index contributed by atoms with van der Waals surface area (Å²) in [6, 6.07) is 13.8. The molecule has 1 aliphatic rings. The van der Waals surface area contributed by atoms with Crippen LogP contribution < -0.4 is 20.1 Å². The normalized spacial score (nSPS) is 13.5. The van der Waals surface area contributed by atoms with Gasteiger partial charge < -0.3 is 25.0 Å². The van der Waals surface area contributed by atoms with Crippen LogP contribution >= 0.6 is 0 Å². The number of rotatable bonds is 7. The smallest absolute Gasteiger partial charge is 0.319 e. The number of benzene rings is 2. The van der Waals surface area contributed by atoms with Crippen molar-refractivity contribution in [2.75, 3.05) is 25.1 Å². The fourth-order valence-corrected chi connectivity index (χ4v) is 3.35. The van der Waals surface area contributed by atoms with Crippen molar-refractivity contribution >= 4 is 17.6 Å². The second kappa shape index (κ2) is 10.0. The van der Waals surface area contributed by atoms with E-state index in [0.29, 0.717) is 43.5 Å². The lowest BCUT2D eigenvalue weighted by molar-refractivity contribution is -0.134. The molecule has 2 N–H and O–H groups in total. The van der Waals surface area contributed by atoms with Crippen molar-refractivity contribution < 1.29 is 19.1 Å². The molecule has 3 rings (SSSR count). The maximum absolute atomic E-state index is 13.3. The van der Waals surface area contributed by atoms with Gasteiger partial charge in [0.25, 0.3) is 0 Å². The Morgan fingerprint density at radius 1 is 1.03 bits per heavy atom. The molecule has 0 bridgehead atoms. The summed E-state index contributed by atoms with van der Waals surface area (Å²) in [6.45, 7) is 7.65. The van der Waals surface area contributed by atoms with E-state index in [1.165, 1.54) is 0 Å². The average Bonchev–Trinajstić information content (AvgIpc) is 2.76. The zero-order valence-corrected chi connectivity index (χ0v) is 17.7. The molecule has 0 saturated carbocycles. The van der Waals surface area contributed by atoms with Crippen molar-refractivity contribution in [1.29, 1.82) is 0 Å². The molecule has 2 aromatic carbocycles. The van der Waals surface area contributed by atoms with E-state index in [1.54, 1.807) is 17.0 Å². The largest absolute Gasteiger partial charge is 0.486 e. The molecule has 160 valence electrons. The third-order valence-electron chi connectivity index (χ3n) is 4.95. The van der Waals surface area contributed by atoms with Crippen molar-refractivity contribution in [1.82, 2.24) is 10.2 Å². The summed E-state index contributed by atoms with van der Waals surface area (Å²) < 4.78 is 11.4. The molecule has 0 aromatic heterocycles. The molecule has 7 heteroatoms. The molecule has 0 spiro atoms. The molecule has 0 fully saturated rings. The summed E-state index contributed by atoms with van der Waals surface area (Å²) >= 11 is 0. The maximum Gasteiger partial charge on any atom is 0.319 e. The lowest BCUT2D eigenvalue weighted by Crippen LogP contribution is -2.52. The van der Waals surface area contributed by atoms with E-state index in [1.807, 2.05) is 57.2 Å². The van der Waals surface area contributed by atoms with Gasteiger partial charge in [-0.2, -0.15) is 0 Å². The Morgan fingerprint density at radius 3 is 2.47 bits per heavy atom. The first-order valence-electron chi connectivity index (χ1n) is 10.3. The van der Waals surface area contributed by atoms with E-state index in [9.17, 15) is 9.59 Å². The third-order valence-corrected chi connectivity index (χ3v) is 4.95. The number of anilines is 1. The van der Waals surface area contributed by atoms with Gasteiger partial charge in [0.2, 0.25) is 5.91 Å². The summed E-state index contributed by atoms with van der Waals surface area (Å²) in [6.07, 6.45) is 0. The van der Waals surface area contributed by atoms with E-state index >= 15 is 0 Å². The van der Waals surface area contributed by atoms with Crippen molar-refractivity contribution in [2.24, 2.45) is 5.92 Å². The molecule has 1 aliphatic heterocycles. The average molecular weight is 412 g/mol. The minimum atomic E-state index is -0.648. The van der Waals surface area contributed by atoms with Crippen molar-refractivity contribution in [2.45, 2.75) is 33.4 Å². The lowest BCUT2D eigenvalue weighted by atomic mass is 10.0. The van der Waals surface area contributed by atoms with Crippen LogP contribution in [0.4, 0.5) is 10.5 Å². The number of para-hydroxylation sites is 2. The monoisotopic (exact) mass is 411 g/mol. The lowest BCUT2D eigenvalue weighted by Gasteiger charge is -2.30. The predicted octanol–water partition coefficient (Wildman–Crippen LogP) is 3.65. The number of ether oxygens (including phenoxy) is 2. The topological polar surface area (TPSA) is 79.9 Å². The Kier molecular flexibility index (Phi) is 7.17. The van der Waals surface area contributed by atoms with E-state index in [2.05, 4.69) is 10.6 Å². The summed E-state index contributed by atoms with van der Waals surface area (Å²) in [5.74, 6) is 1.18. The number of carbonyl (C=O) groups excluding carboxylic acids is 2. The van der Waals surface area contributed by atoms with E-state index in [-0.39, 0.29) is 11.8 Å². The van der Waals surface area contributed by atoms with Gasteiger partial charge in [-0.25, -0.2) is 4.79 Å². The quantitative estimate of drug-likeness (QED) is 0.729. The molecular formula is C23H29N3O4. The zero-order chi connectivity index (χ0) is 21.5. The summed E-state index contributed by atoms with van der Waals surface area (Å²) in [5.41, 5.74) is 1.56. The van der Waals surface area contributed by atoms with Gasteiger partial charge in [0.1, 0.15) is 19.3 Å². The van der Waals surface area contributed by atoms with Crippen LogP contribution in [0.25, 0.3) is 0 Å². The van der Waals surface area contributed by atoms with Crippen LogP contribution in [0, 0.1) is 5.92 Å². The molecule has 0 radical (unpaired) electrons. The highest BCUT2D eigenvalue weighted by atomic mass is 16.6. The Bertz CT molecular complexity index is 870. The van der Waals surface area contributed by atoms with Crippen LogP contribution in [0.1, 0.15) is 26.3 Å². The minimum Gasteiger partial charge on any atom is -0.486 e. The van der Waals surface area contributed by atoms with E-state index in [0.717, 1.165) is 5.56 Å². The number of urea groups is 1. The number of hydrogen-bond acceptors (Lipinski definition) is 4. The number of nitrogens with zero attached hydrogens (tertiary/aromatic N) is 1. The first-order chi connectivity index (χ1) is 14.5. The fourth-order valence-electron chi connectivity index (χ4n) is 3.35. The number of hydrogen-bond donors (Lipinski definition) is 2. The van der Waals surface area contributed by atoms with Gasteiger partial charge in [-0.05, 0) is 31.0 Å². The molecule has 1 unspecified atom stereocenters. The summed E-state index contributed by atoms with van der Waals surface area (Å²) in [5, 5.41) is 5.60. The van der Waals surface area contributed by atoms with Gasteiger partial charge in [-0.1, -0.05) is 44.2 Å². The second-order valence-corrected chi connectivity index (χ2v) is 7.48. The summed E-state index contributed by atoms with van der Waals surface area (Å²) in [7, 11) is 0. The standard InChI is InChI=1S/C23H29N3O4/c1-4-26(15-17-9-8-12-19-21(17)30-14-13-29-19)22(27)20(16(2)3)25-23(28)24-18-10-6-5-7-11-18/h5-12,16,20H,4,13-15H2,1-3H3,(H2,24,25,28). The molecule has 0 saturated heterocycles. The fraction of sp³-hybridized carbons (Fsp3) is 0.391. The number of carbonyl (C=O) groups is 2. The zero-order valence-electron chi connectivity index (χ0n) is 17.7. The molecule has 1 heterocycles. The number of fused-ring (bicyclic) bond motifs is 1. The maximum atomic E-state index is 13.3. The molecule has 0 aliphatic carbocycles. The van der Waals surface area contributed by atoms with Gasteiger partial charge >= 0.3 is 6.03 Å². The van der Waals surface area contributed by atoms with Gasteiger partial charge in [-0.3, -0.25) is 4.79 Å². The molecule has 7 nitrogen and oxygen atoms in total. The highest BCUT2D eigenvalue weighted by Gasteiger charge is 2.29. The number of amides is 3. The molecule has 1 atom stereocenters.